The van der Waals surface area contributed by atoms with Crippen LogP contribution in [0.5, 0.6) is 5.75 Å². The molecule has 1 rings (SSSR count). The molecule has 0 aliphatic carbocycles. The van der Waals surface area contributed by atoms with Gasteiger partial charge in [-0.1, -0.05) is 0 Å². The summed E-state index contributed by atoms with van der Waals surface area (Å²) in [5.41, 5.74) is 5.44. The molecule has 0 saturated heterocycles. The lowest BCUT2D eigenvalue weighted by Gasteiger charge is -2.17. The molecule has 90 valence electrons. The first kappa shape index (κ1) is 13.0. The van der Waals surface area contributed by atoms with Crippen LogP contribution in [0.3, 0.4) is 0 Å². The van der Waals surface area contributed by atoms with Crippen molar-refractivity contribution in [3.8, 4) is 5.75 Å². The van der Waals surface area contributed by atoms with Crippen LogP contribution in [-0.4, -0.2) is 32.6 Å². The molecular weight excluding hydrogens is 198 g/mol. The molecule has 0 spiro atoms. The van der Waals surface area contributed by atoms with Gasteiger partial charge in [-0.25, -0.2) is 0 Å². The van der Waals surface area contributed by atoms with Gasteiger partial charge in [-0.15, -0.1) is 0 Å². The minimum Gasteiger partial charge on any atom is -0.496 e. The van der Waals surface area contributed by atoms with E-state index in [1.165, 1.54) is 22.3 Å². The lowest BCUT2D eigenvalue weighted by molar-refractivity contribution is 0.407. The number of methoxy groups -OCH3 is 1. The Labute approximate surface area is 99.2 Å². The minimum absolute atomic E-state index is 1.00. The summed E-state index contributed by atoms with van der Waals surface area (Å²) in [5, 5.41) is 0. The predicted octanol–water partition coefficient (Wildman–Crippen LogP) is 2.72. The van der Waals surface area contributed by atoms with Crippen LogP contribution in [0.4, 0.5) is 0 Å². The second-order valence-electron chi connectivity index (χ2n) is 4.68. The van der Waals surface area contributed by atoms with Crippen molar-refractivity contribution in [2.75, 3.05) is 27.7 Å². The van der Waals surface area contributed by atoms with Crippen LogP contribution < -0.4 is 4.74 Å². The standard InChI is InChI=1S/C14H23NO/c1-10-9-14(16-6)12(3)11(2)13(10)7-8-15(4)5/h9H,7-8H2,1-6H3. The van der Waals surface area contributed by atoms with Gasteiger partial charge in [0.05, 0.1) is 7.11 Å². The maximum atomic E-state index is 5.38. The Kier molecular flexibility index (Phi) is 4.36. The Morgan fingerprint density at radius 1 is 1.12 bits per heavy atom. The lowest BCUT2D eigenvalue weighted by atomic mass is 9.95. The number of likely N-dealkylation sites (N-methyl/N-ethyl adjacent to an activating group) is 1. The van der Waals surface area contributed by atoms with Crippen LogP contribution in [-0.2, 0) is 6.42 Å². The molecule has 0 bridgehead atoms. The molecule has 0 saturated carbocycles. The zero-order valence-corrected chi connectivity index (χ0v) is 11.3. The summed E-state index contributed by atoms with van der Waals surface area (Å²) in [4.78, 5) is 2.22. The summed E-state index contributed by atoms with van der Waals surface area (Å²) in [6.45, 7) is 7.58. The third-order valence-corrected chi connectivity index (χ3v) is 3.24. The Morgan fingerprint density at radius 2 is 1.75 bits per heavy atom. The Hall–Kier alpha value is -1.02. The third kappa shape index (κ3) is 2.76. The Balaban J connectivity index is 3.05. The molecule has 0 radical (unpaired) electrons. The van der Waals surface area contributed by atoms with E-state index in [9.17, 15) is 0 Å². The Bertz CT molecular complexity index is 369. The normalized spacial score (nSPS) is 10.9. The highest BCUT2D eigenvalue weighted by atomic mass is 16.5. The first-order valence-electron chi connectivity index (χ1n) is 5.75. The summed E-state index contributed by atoms with van der Waals surface area (Å²) in [6, 6.07) is 2.15. The lowest BCUT2D eigenvalue weighted by Crippen LogP contribution is -2.16. The van der Waals surface area contributed by atoms with E-state index < -0.39 is 0 Å². The third-order valence-electron chi connectivity index (χ3n) is 3.24. The van der Waals surface area contributed by atoms with Gasteiger partial charge >= 0.3 is 0 Å². The van der Waals surface area contributed by atoms with Crippen molar-refractivity contribution in [3.05, 3.63) is 28.3 Å². The molecular formula is C14H23NO. The van der Waals surface area contributed by atoms with Crippen LogP contribution in [0.25, 0.3) is 0 Å². The van der Waals surface area contributed by atoms with Crippen LogP contribution in [0.15, 0.2) is 6.07 Å². The van der Waals surface area contributed by atoms with Gasteiger partial charge in [0.1, 0.15) is 5.75 Å². The second-order valence-corrected chi connectivity index (χ2v) is 4.68. The van der Waals surface area contributed by atoms with E-state index in [1.807, 2.05) is 0 Å². The predicted molar refractivity (Wildman–Crippen MR) is 69.5 cm³/mol. The highest BCUT2D eigenvalue weighted by Crippen LogP contribution is 2.27. The van der Waals surface area contributed by atoms with Crippen molar-refractivity contribution < 1.29 is 4.74 Å². The molecule has 1 aromatic rings. The van der Waals surface area contributed by atoms with E-state index in [4.69, 9.17) is 4.74 Å². The zero-order valence-electron chi connectivity index (χ0n) is 11.3. The summed E-state index contributed by atoms with van der Waals surface area (Å²) in [6.07, 6.45) is 1.11. The fourth-order valence-corrected chi connectivity index (χ4v) is 2.03. The molecule has 0 unspecified atom stereocenters. The van der Waals surface area contributed by atoms with E-state index in [0.29, 0.717) is 0 Å². The number of ether oxygens (including phenoxy) is 1. The van der Waals surface area contributed by atoms with Crippen LogP contribution in [0.1, 0.15) is 22.3 Å². The van der Waals surface area contributed by atoms with Crippen LogP contribution >= 0.6 is 0 Å². The van der Waals surface area contributed by atoms with Gasteiger partial charge in [0.25, 0.3) is 0 Å². The SMILES string of the molecule is COc1cc(C)c(CCN(C)C)c(C)c1C. The van der Waals surface area contributed by atoms with Crippen molar-refractivity contribution >= 4 is 0 Å². The highest BCUT2D eigenvalue weighted by molar-refractivity contribution is 5.48. The molecule has 0 N–H and O–H groups in total. The highest BCUT2D eigenvalue weighted by Gasteiger charge is 2.10. The largest absolute Gasteiger partial charge is 0.496 e. The van der Waals surface area contributed by atoms with Crippen LogP contribution in [0, 0.1) is 20.8 Å². The summed E-state index contributed by atoms with van der Waals surface area (Å²) < 4.78 is 5.38. The minimum atomic E-state index is 1.00. The van der Waals surface area contributed by atoms with Gasteiger partial charge in [-0.2, -0.15) is 0 Å². The molecule has 2 heteroatoms. The van der Waals surface area contributed by atoms with Crippen molar-refractivity contribution in [1.29, 1.82) is 0 Å². The summed E-state index contributed by atoms with van der Waals surface area (Å²) in [5.74, 6) is 1.00. The molecule has 16 heavy (non-hydrogen) atoms. The molecule has 0 aliphatic heterocycles. The maximum absolute atomic E-state index is 5.38. The second kappa shape index (κ2) is 5.35. The smallest absolute Gasteiger partial charge is 0.122 e. The van der Waals surface area contributed by atoms with E-state index in [2.05, 4.69) is 45.8 Å². The van der Waals surface area contributed by atoms with Gasteiger partial charge in [-0.05, 0) is 69.6 Å². The van der Waals surface area contributed by atoms with Crippen LogP contribution in [0.2, 0.25) is 0 Å². The Morgan fingerprint density at radius 3 is 2.25 bits per heavy atom. The quantitative estimate of drug-likeness (QED) is 0.775. The van der Waals surface area contributed by atoms with Gasteiger partial charge < -0.3 is 9.64 Å². The van der Waals surface area contributed by atoms with Crippen molar-refractivity contribution in [1.82, 2.24) is 4.90 Å². The van der Waals surface area contributed by atoms with Gasteiger partial charge in [0.15, 0.2) is 0 Å². The number of hydrogen-bond donors (Lipinski definition) is 0. The number of aryl methyl sites for hydroxylation is 1. The molecule has 0 atom stereocenters. The van der Waals surface area contributed by atoms with E-state index in [-0.39, 0.29) is 0 Å². The molecule has 0 fully saturated rings. The molecule has 2 nitrogen and oxygen atoms in total. The van der Waals surface area contributed by atoms with Gasteiger partial charge in [-0.3, -0.25) is 0 Å². The number of rotatable bonds is 4. The van der Waals surface area contributed by atoms with E-state index >= 15 is 0 Å². The van der Waals surface area contributed by atoms with Gasteiger partial charge in [0.2, 0.25) is 0 Å². The van der Waals surface area contributed by atoms with E-state index in [0.717, 1.165) is 18.7 Å². The van der Waals surface area contributed by atoms with Crippen molar-refractivity contribution in [2.24, 2.45) is 0 Å². The molecule has 0 aromatic heterocycles. The zero-order chi connectivity index (χ0) is 12.3. The molecule has 0 amide bonds. The topological polar surface area (TPSA) is 12.5 Å². The first-order chi connectivity index (χ1) is 7.47. The maximum Gasteiger partial charge on any atom is 0.122 e. The van der Waals surface area contributed by atoms with Crippen molar-refractivity contribution in [2.45, 2.75) is 27.2 Å². The van der Waals surface area contributed by atoms with Crippen molar-refractivity contribution in [3.63, 3.8) is 0 Å². The fraction of sp³-hybridized carbons (Fsp3) is 0.571. The number of benzene rings is 1. The first-order valence-corrected chi connectivity index (χ1v) is 5.75. The monoisotopic (exact) mass is 221 g/mol. The van der Waals surface area contributed by atoms with E-state index in [1.54, 1.807) is 7.11 Å². The fourth-order valence-electron chi connectivity index (χ4n) is 2.03. The average Bonchev–Trinajstić information content (AvgIpc) is 2.22. The summed E-state index contributed by atoms with van der Waals surface area (Å²) in [7, 11) is 5.96. The molecule has 1 aromatic carbocycles. The number of hydrogen-bond acceptors (Lipinski definition) is 2. The van der Waals surface area contributed by atoms with Gasteiger partial charge in [0, 0.05) is 6.54 Å². The average molecular weight is 221 g/mol. The number of nitrogens with zero attached hydrogens (tertiary/aromatic N) is 1. The molecule has 0 aliphatic rings. The molecule has 0 heterocycles. The summed E-state index contributed by atoms with van der Waals surface area (Å²) >= 11 is 0.